The summed E-state index contributed by atoms with van der Waals surface area (Å²) in [4.78, 5) is 18.9. The van der Waals surface area contributed by atoms with E-state index in [0.29, 0.717) is 29.6 Å². The minimum absolute atomic E-state index is 0.0517. The molecular weight excluding hydrogens is 354 g/mol. The first-order valence-electron chi connectivity index (χ1n) is 8.73. The number of nitrogens with zero attached hydrogens (tertiary/aromatic N) is 3. The van der Waals surface area contributed by atoms with Crippen LogP contribution < -0.4 is 10.2 Å². The van der Waals surface area contributed by atoms with Gasteiger partial charge in [-0.15, -0.1) is 0 Å². The number of piperidine rings is 1. The molecule has 136 valence electrons. The minimum atomic E-state index is 0.0517. The predicted molar refractivity (Wildman–Crippen MR) is 99.0 cm³/mol. The van der Waals surface area contributed by atoms with Gasteiger partial charge in [0.25, 0.3) is 6.01 Å². The van der Waals surface area contributed by atoms with E-state index in [-0.39, 0.29) is 11.8 Å². The molecule has 7 nitrogen and oxygen atoms in total. The molecule has 3 aromatic rings. The normalized spacial score (nSPS) is 17.6. The Hall–Kier alpha value is -2.54. The van der Waals surface area contributed by atoms with Gasteiger partial charge in [0.15, 0.2) is 5.58 Å². The number of halogens is 1. The van der Waals surface area contributed by atoms with E-state index in [1.165, 1.54) is 0 Å². The molecule has 0 saturated carbocycles. The Morgan fingerprint density at radius 1 is 1.42 bits per heavy atom. The number of rotatable bonds is 5. The first-order valence-corrected chi connectivity index (χ1v) is 9.11. The molecule has 2 N–H and O–H groups in total. The van der Waals surface area contributed by atoms with Gasteiger partial charge in [-0.1, -0.05) is 11.6 Å². The highest BCUT2D eigenvalue weighted by molar-refractivity contribution is 6.31. The maximum absolute atomic E-state index is 12.2. The second kappa shape index (κ2) is 7.37. The molecular formula is C18H20ClN5O2. The second-order valence-corrected chi connectivity index (χ2v) is 7.06. The first kappa shape index (κ1) is 16.9. The van der Waals surface area contributed by atoms with Gasteiger partial charge in [-0.3, -0.25) is 9.89 Å². The summed E-state index contributed by atoms with van der Waals surface area (Å²) in [5, 5.41) is 10.3. The van der Waals surface area contributed by atoms with E-state index in [4.69, 9.17) is 16.0 Å². The van der Waals surface area contributed by atoms with Crippen LogP contribution in [0.5, 0.6) is 0 Å². The molecule has 1 aromatic carbocycles. The van der Waals surface area contributed by atoms with Gasteiger partial charge in [-0.05, 0) is 37.0 Å². The van der Waals surface area contributed by atoms with Crippen LogP contribution in [0.15, 0.2) is 34.9 Å². The van der Waals surface area contributed by atoms with Gasteiger partial charge in [0.1, 0.15) is 5.52 Å². The number of aromatic amines is 1. The summed E-state index contributed by atoms with van der Waals surface area (Å²) in [7, 11) is 0. The Morgan fingerprint density at radius 3 is 3.19 bits per heavy atom. The highest BCUT2D eigenvalue weighted by atomic mass is 35.5. The zero-order chi connectivity index (χ0) is 17.9. The fourth-order valence-electron chi connectivity index (χ4n) is 3.34. The summed E-state index contributed by atoms with van der Waals surface area (Å²) in [5.41, 5.74) is 2.38. The van der Waals surface area contributed by atoms with E-state index < -0.39 is 0 Å². The summed E-state index contributed by atoms with van der Waals surface area (Å²) in [6, 6.07) is 7.89. The molecule has 26 heavy (non-hydrogen) atoms. The number of nitrogens with one attached hydrogen (secondary N) is 2. The van der Waals surface area contributed by atoms with Crippen LogP contribution in [0.25, 0.3) is 11.1 Å². The molecule has 0 bridgehead atoms. The number of anilines is 1. The number of H-pyrrole nitrogens is 1. The molecule has 1 aliphatic rings. The summed E-state index contributed by atoms with van der Waals surface area (Å²) >= 11 is 6.01. The van der Waals surface area contributed by atoms with Crippen LogP contribution in [0.1, 0.15) is 25.0 Å². The number of benzene rings is 1. The molecule has 4 rings (SSSR count). The molecule has 1 amide bonds. The Morgan fingerprint density at radius 2 is 2.35 bits per heavy atom. The van der Waals surface area contributed by atoms with Crippen LogP contribution >= 0.6 is 11.6 Å². The standard InChI is InChI=1S/C18H20ClN5O2/c19-13-3-4-15-16(9-13)26-18(22-15)24-7-1-2-12(11-24)8-17(25)20-10-14-5-6-21-23-14/h3-6,9,12H,1-2,7-8,10-11H2,(H,20,25)(H,21,23). The Bertz CT molecular complexity index is 892. The van der Waals surface area contributed by atoms with E-state index in [1.807, 2.05) is 12.1 Å². The summed E-state index contributed by atoms with van der Waals surface area (Å²) in [6.07, 6.45) is 4.21. The van der Waals surface area contributed by atoms with Crippen molar-refractivity contribution in [2.45, 2.75) is 25.8 Å². The Kier molecular flexibility index (Phi) is 4.79. The topological polar surface area (TPSA) is 87.1 Å². The minimum Gasteiger partial charge on any atom is -0.423 e. The van der Waals surface area contributed by atoms with Gasteiger partial charge in [-0.2, -0.15) is 10.1 Å². The van der Waals surface area contributed by atoms with Crippen LogP contribution in [0.4, 0.5) is 6.01 Å². The number of hydrogen-bond donors (Lipinski definition) is 2. The third-order valence-corrected chi connectivity index (χ3v) is 4.87. The molecule has 0 aliphatic carbocycles. The molecule has 1 unspecified atom stereocenters. The lowest BCUT2D eigenvalue weighted by Crippen LogP contribution is -2.38. The fraction of sp³-hybridized carbons (Fsp3) is 0.389. The van der Waals surface area contributed by atoms with Crippen LogP contribution in [0, 0.1) is 5.92 Å². The molecule has 1 aliphatic heterocycles. The molecule has 3 heterocycles. The van der Waals surface area contributed by atoms with Gasteiger partial charge in [0.2, 0.25) is 5.91 Å². The number of aromatic nitrogens is 3. The van der Waals surface area contributed by atoms with Crippen LogP contribution in [0.2, 0.25) is 5.02 Å². The van der Waals surface area contributed by atoms with Gasteiger partial charge < -0.3 is 14.6 Å². The average molecular weight is 374 g/mol. The highest BCUT2D eigenvalue weighted by Gasteiger charge is 2.25. The quantitative estimate of drug-likeness (QED) is 0.717. The van der Waals surface area contributed by atoms with Crippen LogP contribution in [0.3, 0.4) is 0 Å². The summed E-state index contributed by atoms with van der Waals surface area (Å²) in [5.74, 6) is 0.333. The van der Waals surface area contributed by atoms with Crippen molar-refractivity contribution in [2.24, 2.45) is 5.92 Å². The van der Waals surface area contributed by atoms with E-state index in [0.717, 1.165) is 37.1 Å². The average Bonchev–Trinajstić information content (AvgIpc) is 3.29. The second-order valence-electron chi connectivity index (χ2n) is 6.63. The van der Waals surface area contributed by atoms with Crippen molar-refractivity contribution >= 4 is 34.6 Å². The van der Waals surface area contributed by atoms with Crippen molar-refractivity contribution in [1.29, 1.82) is 0 Å². The first-order chi connectivity index (χ1) is 12.7. The van der Waals surface area contributed by atoms with Gasteiger partial charge in [0, 0.05) is 36.8 Å². The van der Waals surface area contributed by atoms with Crippen molar-refractivity contribution in [3.63, 3.8) is 0 Å². The largest absolute Gasteiger partial charge is 0.423 e. The molecule has 1 fully saturated rings. The van der Waals surface area contributed by atoms with Gasteiger partial charge >= 0.3 is 0 Å². The van der Waals surface area contributed by atoms with Gasteiger partial charge in [-0.25, -0.2) is 0 Å². The maximum Gasteiger partial charge on any atom is 0.298 e. The monoisotopic (exact) mass is 373 g/mol. The maximum atomic E-state index is 12.2. The lowest BCUT2D eigenvalue weighted by molar-refractivity contribution is -0.122. The van der Waals surface area contributed by atoms with Crippen molar-refractivity contribution < 1.29 is 9.21 Å². The number of amides is 1. The van der Waals surface area contributed by atoms with E-state index in [9.17, 15) is 4.79 Å². The SMILES string of the molecule is O=C(CC1CCCN(c2nc3ccc(Cl)cc3o2)C1)NCc1ccn[nH]1. The fourth-order valence-corrected chi connectivity index (χ4v) is 3.50. The zero-order valence-corrected chi connectivity index (χ0v) is 15.0. The lowest BCUT2D eigenvalue weighted by Gasteiger charge is -2.31. The van der Waals surface area contributed by atoms with Crippen LogP contribution in [-0.4, -0.2) is 34.2 Å². The third-order valence-electron chi connectivity index (χ3n) is 4.64. The third kappa shape index (κ3) is 3.83. The molecule has 8 heteroatoms. The van der Waals surface area contributed by atoms with E-state index in [1.54, 1.807) is 18.3 Å². The van der Waals surface area contributed by atoms with Crippen LogP contribution in [-0.2, 0) is 11.3 Å². The van der Waals surface area contributed by atoms with Gasteiger partial charge in [0.05, 0.1) is 12.2 Å². The number of fused-ring (bicyclic) bond motifs is 1. The Labute approximate surface area is 155 Å². The summed E-state index contributed by atoms with van der Waals surface area (Å²) < 4.78 is 5.86. The summed E-state index contributed by atoms with van der Waals surface area (Å²) in [6.45, 7) is 2.12. The number of oxazole rings is 1. The molecule has 1 atom stereocenters. The number of carbonyl (C=O) groups excluding carboxylic acids is 1. The number of carbonyl (C=O) groups is 1. The van der Waals surface area contributed by atoms with E-state index in [2.05, 4.69) is 25.4 Å². The highest BCUT2D eigenvalue weighted by Crippen LogP contribution is 2.28. The van der Waals surface area contributed by atoms with Crippen molar-refractivity contribution in [3.8, 4) is 0 Å². The smallest absolute Gasteiger partial charge is 0.298 e. The van der Waals surface area contributed by atoms with Crippen molar-refractivity contribution in [2.75, 3.05) is 18.0 Å². The zero-order valence-electron chi connectivity index (χ0n) is 14.2. The van der Waals surface area contributed by atoms with Crippen molar-refractivity contribution in [3.05, 3.63) is 41.2 Å². The molecule has 2 aromatic heterocycles. The lowest BCUT2D eigenvalue weighted by atomic mass is 9.94. The predicted octanol–water partition coefficient (Wildman–Crippen LogP) is 3.13. The van der Waals surface area contributed by atoms with E-state index >= 15 is 0 Å². The molecule has 1 saturated heterocycles. The molecule has 0 spiro atoms. The van der Waals surface area contributed by atoms with Crippen molar-refractivity contribution in [1.82, 2.24) is 20.5 Å². The molecule has 0 radical (unpaired) electrons. The number of hydrogen-bond acceptors (Lipinski definition) is 5. The Balaban J connectivity index is 1.36.